The predicted molar refractivity (Wildman–Crippen MR) is 95.6 cm³/mol. The number of methoxy groups -OCH3 is 1. The van der Waals surface area contributed by atoms with Crippen LogP contribution in [-0.4, -0.2) is 13.4 Å². The Kier molecular flexibility index (Phi) is 5.47. The molecule has 0 aliphatic heterocycles. The number of benzene rings is 2. The first-order valence-electron chi connectivity index (χ1n) is 7.40. The van der Waals surface area contributed by atoms with Crippen molar-refractivity contribution in [3.05, 3.63) is 57.6 Å². The molecule has 0 aromatic heterocycles. The van der Waals surface area contributed by atoms with E-state index in [4.69, 9.17) is 9.47 Å². The van der Waals surface area contributed by atoms with Crippen LogP contribution in [0.25, 0.3) is 0 Å². The largest absolute Gasteiger partial charge is 0.492 e. The van der Waals surface area contributed by atoms with E-state index in [2.05, 4.69) is 48.8 Å². The van der Waals surface area contributed by atoms with Gasteiger partial charge in [0.05, 0.1) is 17.1 Å². The van der Waals surface area contributed by atoms with Crippen LogP contribution >= 0.6 is 15.9 Å². The van der Waals surface area contributed by atoms with Gasteiger partial charge in [-0.1, -0.05) is 45.0 Å². The van der Waals surface area contributed by atoms with E-state index < -0.39 is 0 Å². The van der Waals surface area contributed by atoms with Crippen LogP contribution < -0.4 is 9.47 Å². The minimum Gasteiger partial charge on any atom is -0.492 e. The lowest BCUT2D eigenvalue weighted by Gasteiger charge is -2.19. The molecule has 0 N–H and O–H groups in total. The van der Waals surface area contributed by atoms with Crippen molar-refractivity contribution in [2.45, 2.75) is 32.8 Å². The maximum atomic E-state index is 11.2. The third-order valence-electron chi connectivity index (χ3n) is 3.63. The first-order chi connectivity index (χ1) is 10.9. The Hall–Kier alpha value is -1.81. The number of rotatable bonds is 5. The van der Waals surface area contributed by atoms with Crippen molar-refractivity contribution >= 4 is 22.2 Å². The fourth-order valence-corrected chi connectivity index (χ4v) is 2.72. The van der Waals surface area contributed by atoms with Crippen LogP contribution in [0.1, 0.15) is 42.3 Å². The summed E-state index contributed by atoms with van der Waals surface area (Å²) in [7, 11) is 1.56. The Labute approximate surface area is 145 Å². The van der Waals surface area contributed by atoms with Crippen LogP contribution in [-0.2, 0) is 12.0 Å². The molecule has 0 unspecified atom stereocenters. The second kappa shape index (κ2) is 7.18. The molecule has 4 heteroatoms. The highest BCUT2D eigenvalue weighted by molar-refractivity contribution is 9.10. The molecule has 0 amide bonds. The van der Waals surface area contributed by atoms with E-state index in [-0.39, 0.29) is 5.41 Å². The Morgan fingerprint density at radius 1 is 1.04 bits per heavy atom. The van der Waals surface area contributed by atoms with E-state index >= 15 is 0 Å². The van der Waals surface area contributed by atoms with Crippen molar-refractivity contribution in [3.8, 4) is 11.5 Å². The lowest BCUT2D eigenvalue weighted by atomic mass is 9.87. The van der Waals surface area contributed by atoms with E-state index in [0.29, 0.717) is 23.7 Å². The second-order valence-corrected chi connectivity index (χ2v) is 7.21. The van der Waals surface area contributed by atoms with Gasteiger partial charge in [0, 0.05) is 0 Å². The molecule has 23 heavy (non-hydrogen) atoms. The monoisotopic (exact) mass is 376 g/mol. The van der Waals surface area contributed by atoms with Crippen LogP contribution in [0.3, 0.4) is 0 Å². The third kappa shape index (κ3) is 4.14. The van der Waals surface area contributed by atoms with Gasteiger partial charge in [-0.05, 0) is 44.6 Å². The lowest BCUT2D eigenvalue weighted by Crippen LogP contribution is -2.11. The fourth-order valence-electron chi connectivity index (χ4n) is 2.24. The summed E-state index contributed by atoms with van der Waals surface area (Å²) in [6.45, 7) is 6.92. The van der Waals surface area contributed by atoms with E-state index in [1.54, 1.807) is 19.2 Å². The van der Waals surface area contributed by atoms with Crippen molar-refractivity contribution in [1.82, 2.24) is 0 Å². The van der Waals surface area contributed by atoms with Gasteiger partial charge in [0.2, 0.25) is 0 Å². The molecule has 0 aliphatic carbocycles. The van der Waals surface area contributed by atoms with Crippen molar-refractivity contribution < 1.29 is 14.3 Å². The van der Waals surface area contributed by atoms with E-state index in [9.17, 15) is 4.79 Å². The van der Waals surface area contributed by atoms with Crippen LogP contribution in [0.2, 0.25) is 0 Å². The second-order valence-electron chi connectivity index (χ2n) is 6.35. The normalized spacial score (nSPS) is 11.2. The molecule has 2 aromatic carbocycles. The van der Waals surface area contributed by atoms with E-state index in [1.807, 2.05) is 12.1 Å². The summed E-state index contributed by atoms with van der Waals surface area (Å²) < 4.78 is 11.9. The van der Waals surface area contributed by atoms with Gasteiger partial charge in [0.1, 0.15) is 6.61 Å². The van der Waals surface area contributed by atoms with Gasteiger partial charge in [-0.25, -0.2) is 0 Å². The summed E-state index contributed by atoms with van der Waals surface area (Å²) in [6, 6.07) is 11.8. The van der Waals surface area contributed by atoms with Gasteiger partial charge in [-0.3, -0.25) is 4.79 Å². The van der Waals surface area contributed by atoms with Gasteiger partial charge >= 0.3 is 0 Å². The molecule has 0 saturated heterocycles. The van der Waals surface area contributed by atoms with Crippen LogP contribution in [0.15, 0.2) is 40.9 Å². The van der Waals surface area contributed by atoms with Crippen LogP contribution in [0, 0.1) is 0 Å². The minimum absolute atomic E-state index is 0.123. The number of aldehydes is 1. The van der Waals surface area contributed by atoms with Crippen LogP contribution in [0.5, 0.6) is 11.5 Å². The van der Waals surface area contributed by atoms with Gasteiger partial charge in [0.25, 0.3) is 0 Å². The van der Waals surface area contributed by atoms with Crippen molar-refractivity contribution in [2.75, 3.05) is 7.11 Å². The van der Waals surface area contributed by atoms with Gasteiger partial charge < -0.3 is 9.47 Å². The summed E-state index contributed by atoms with van der Waals surface area (Å²) in [5, 5.41) is 0. The quantitative estimate of drug-likeness (QED) is 0.677. The summed E-state index contributed by atoms with van der Waals surface area (Å²) >= 11 is 3.41. The Morgan fingerprint density at radius 3 is 2.22 bits per heavy atom. The lowest BCUT2D eigenvalue weighted by molar-refractivity contribution is 0.111. The van der Waals surface area contributed by atoms with Crippen molar-refractivity contribution in [3.63, 3.8) is 0 Å². The fraction of sp³-hybridized carbons (Fsp3) is 0.316. The first-order valence-corrected chi connectivity index (χ1v) is 8.20. The van der Waals surface area contributed by atoms with Crippen molar-refractivity contribution in [1.29, 1.82) is 0 Å². The van der Waals surface area contributed by atoms with E-state index in [1.165, 1.54) is 5.56 Å². The molecule has 0 atom stereocenters. The maximum absolute atomic E-state index is 11.2. The summed E-state index contributed by atoms with van der Waals surface area (Å²) in [5.41, 5.74) is 2.90. The molecule has 2 rings (SSSR count). The number of hydrogen-bond donors (Lipinski definition) is 0. The predicted octanol–water partition coefficient (Wildman–Crippen LogP) is 5.15. The molecule has 0 heterocycles. The zero-order chi connectivity index (χ0) is 17.0. The average Bonchev–Trinajstić information content (AvgIpc) is 2.52. The summed E-state index contributed by atoms with van der Waals surface area (Å²) in [4.78, 5) is 11.2. The highest BCUT2D eigenvalue weighted by atomic mass is 79.9. The number of carbonyl (C=O) groups excluding carboxylic acids is 1. The SMILES string of the molecule is COc1c(Br)ccc(C=O)c1OCc1ccc(C(C)(C)C)cc1. The zero-order valence-corrected chi connectivity index (χ0v) is 15.4. The number of carbonyl (C=O) groups is 1. The molecule has 0 fully saturated rings. The van der Waals surface area contributed by atoms with Gasteiger partial charge in [-0.15, -0.1) is 0 Å². The van der Waals surface area contributed by atoms with Gasteiger partial charge in [0.15, 0.2) is 17.8 Å². The molecule has 122 valence electrons. The third-order valence-corrected chi connectivity index (χ3v) is 4.25. The maximum Gasteiger partial charge on any atom is 0.175 e. The number of halogens is 1. The van der Waals surface area contributed by atoms with E-state index in [0.717, 1.165) is 16.3 Å². The molecule has 0 radical (unpaired) electrons. The van der Waals surface area contributed by atoms with Crippen molar-refractivity contribution in [2.24, 2.45) is 0 Å². The average molecular weight is 377 g/mol. The topological polar surface area (TPSA) is 35.5 Å². The molecule has 0 aliphatic rings. The van der Waals surface area contributed by atoms with Crippen LogP contribution in [0.4, 0.5) is 0 Å². The molecule has 0 saturated carbocycles. The Bertz CT molecular complexity index is 685. The highest BCUT2D eigenvalue weighted by Gasteiger charge is 2.15. The minimum atomic E-state index is 0.123. The molecule has 0 spiro atoms. The highest BCUT2D eigenvalue weighted by Crippen LogP contribution is 2.38. The molecule has 0 bridgehead atoms. The standard InChI is InChI=1S/C19H21BrO3/c1-19(2,3)15-8-5-13(6-9-15)12-23-17-14(11-21)7-10-16(20)18(17)22-4/h5-11H,12H2,1-4H3. The smallest absolute Gasteiger partial charge is 0.175 e. The summed E-state index contributed by atoms with van der Waals surface area (Å²) in [6.07, 6.45) is 0.771. The first kappa shape index (κ1) is 17.5. The zero-order valence-electron chi connectivity index (χ0n) is 13.9. The molecular formula is C19H21BrO3. The molecule has 2 aromatic rings. The van der Waals surface area contributed by atoms with Gasteiger partial charge in [-0.2, -0.15) is 0 Å². The Balaban J connectivity index is 2.21. The Morgan fingerprint density at radius 2 is 1.70 bits per heavy atom. The molecule has 3 nitrogen and oxygen atoms in total. The summed E-state index contributed by atoms with van der Waals surface area (Å²) in [5.74, 6) is 0.984. The molecular weight excluding hydrogens is 356 g/mol. The number of hydrogen-bond acceptors (Lipinski definition) is 3. The number of ether oxygens (including phenoxy) is 2.